The highest BCUT2D eigenvalue weighted by molar-refractivity contribution is 9.10. The number of ether oxygens (including phenoxy) is 1. The summed E-state index contributed by atoms with van der Waals surface area (Å²) in [6.07, 6.45) is 1.58. The quantitative estimate of drug-likeness (QED) is 0.478. The molecule has 8 heteroatoms. The van der Waals surface area contributed by atoms with E-state index in [9.17, 15) is 4.79 Å². The Kier molecular flexibility index (Phi) is 4.41. The van der Waals surface area contributed by atoms with Crippen LogP contribution in [-0.4, -0.2) is 21.6 Å². The number of thiophene rings is 1. The summed E-state index contributed by atoms with van der Waals surface area (Å²) < 4.78 is 8.65. The molecule has 0 unspecified atom stereocenters. The molecule has 25 heavy (non-hydrogen) atoms. The Balaban J connectivity index is 1.68. The van der Waals surface area contributed by atoms with Crippen molar-refractivity contribution < 1.29 is 4.74 Å². The second-order valence-electron chi connectivity index (χ2n) is 5.30. The monoisotopic (exact) mass is 433 g/mol. The van der Waals surface area contributed by atoms with E-state index in [4.69, 9.17) is 4.74 Å². The van der Waals surface area contributed by atoms with Crippen LogP contribution in [0.4, 0.5) is 0 Å². The second kappa shape index (κ2) is 6.70. The maximum absolute atomic E-state index is 12.5. The van der Waals surface area contributed by atoms with Crippen LogP contribution in [-0.2, 0) is 6.54 Å². The third-order valence-electron chi connectivity index (χ3n) is 3.71. The van der Waals surface area contributed by atoms with Crippen LogP contribution >= 0.6 is 38.6 Å². The van der Waals surface area contributed by atoms with Gasteiger partial charge in [0.15, 0.2) is 0 Å². The van der Waals surface area contributed by atoms with E-state index in [1.807, 2.05) is 35.0 Å². The Bertz CT molecular complexity index is 1120. The molecule has 0 spiro atoms. The van der Waals surface area contributed by atoms with Crippen molar-refractivity contribution >= 4 is 48.8 Å². The lowest BCUT2D eigenvalue weighted by Gasteiger charge is -2.06. The molecule has 0 amide bonds. The van der Waals surface area contributed by atoms with Crippen LogP contribution < -0.4 is 10.3 Å². The Labute approximate surface area is 159 Å². The Hall–Kier alpha value is -2.03. The van der Waals surface area contributed by atoms with E-state index in [-0.39, 0.29) is 5.56 Å². The van der Waals surface area contributed by atoms with Gasteiger partial charge >= 0.3 is 0 Å². The third kappa shape index (κ3) is 3.12. The number of hydrogen-bond donors (Lipinski definition) is 0. The summed E-state index contributed by atoms with van der Waals surface area (Å²) >= 11 is 6.42. The van der Waals surface area contributed by atoms with Gasteiger partial charge in [0.2, 0.25) is 0 Å². The van der Waals surface area contributed by atoms with Crippen molar-refractivity contribution in [2.24, 2.45) is 0 Å². The number of halogens is 1. The first-order valence-corrected chi connectivity index (χ1v) is 9.92. The Morgan fingerprint density at radius 3 is 3.00 bits per heavy atom. The van der Waals surface area contributed by atoms with Crippen LogP contribution in [0, 0.1) is 0 Å². The molecule has 0 N–H and O–H groups in total. The molecule has 0 aliphatic carbocycles. The molecule has 0 aliphatic rings. The average Bonchev–Trinajstić information content (AvgIpc) is 3.27. The predicted octanol–water partition coefficient (Wildman–Crippen LogP) is 4.40. The van der Waals surface area contributed by atoms with Crippen LogP contribution in [0.25, 0.3) is 20.8 Å². The predicted molar refractivity (Wildman–Crippen MR) is 105 cm³/mol. The molecule has 0 saturated heterocycles. The summed E-state index contributed by atoms with van der Waals surface area (Å²) in [5.74, 6) is 0.767. The van der Waals surface area contributed by atoms with Gasteiger partial charge in [-0.2, -0.15) is 0 Å². The van der Waals surface area contributed by atoms with Gasteiger partial charge in [-0.25, -0.2) is 9.97 Å². The van der Waals surface area contributed by atoms with Crippen LogP contribution in [0.15, 0.2) is 50.6 Å². The highest BCUT2D eigenvalue weighted by Crippen LogP contribution is 2.34. The van der Waals surface area contributed by atoms with Gasteiger partial charge in [0, 0.05) is 9.85 Å². The zero-order chi connectivity index (χ0) is 17.4. The smallest absolute Gasteiger partial charge is 0.271 e. The lowest BCUT2D eigenvalue weighted by molar-refractivity contribution is 0.416. The van der Waals surface area contributed by atoms with Gasteiger partial charge in [-0.1, -0.05) is 15.9 Å². The number of aromatic nitrogens is 3. The number of methoxy groups -OCH3 is 1. The normalized spacial score (nSPS) is 11.1. The zero-order valence-corrected chi connectivity index (χ0v) is 16.3. The molecule has 0 radical (unpaired) electrons. The zero-order valence-electron chi connectivity index (χ0n) is 13.1. The van der Waals surface area contributed by atoms with Crippen LogP contribution in [0.5, 0.6) is 5.75 Å². The fraction of sp³-hybridized carbons (Fsp3) is 0.118. The van der Waals surface area contributed by atoms with E-state index in [0.717, 1.165) is 32.0 Å². The van der Waals surface area contributed by atoms with E-state index in [1.165, 1.54) is 22.7 Å². The summed E-state index contributed by atoms with van der Waals surface area (Å²) in [4.78, 5) is 21.5. The highest BCUT2D eigenvalue weighted by Gasteiger charge is 2.12. The minimum absolute atomic E-state index is 0.0328. The SMILES string of the molecule is COc1ccc(Br)cc1-c1nc(Cn2cnc3ccsc3c2=O)cs1. The van der Waals surface area contributed by atoms with Gasteiger partial charge in [0.25, 0.3) is 5.56 Å². The Morgan fingerprint density at radius 2 is 2.16 bits per heavy atom. The van der Waals surface area contributed by atoms with Crippen molar-refractivity contribution in [2.75, 3.05) is 7.11 Å². The highest BCUT2D eigenvalue weighted by atomic mass is 79.9. The minimum Gasteiger partial charge on any atom is -0.496 e. The molecule has 0 bridgehead atoms. The molecule has 4 aromatic rings. The number of rotatable bonds is 4. The number of fused-ring (bicyclic) bond motifs is 1. The molecule has 0 aliphatic heterocycles. The molecule has 0 fully saturated rings. The topological polar surface area (TPSA) is 57.0 Å². The molecule has 126 valence electrons. The number of benzene rings is 1. The van der Waals surface area contributed by atoms with Crippen molar-refractivity contribution in [3.63, 3.8) is 0 Å². The van der Waals surface area contributed by atoms with Crippen molar-refractivity contribution in [2.45, 2.75) is 6.54 Å². The fourth-order valence-corrected chi connectivity index (χ4v) is 4.50. The van der Waals surface area contributed by atoms with Crippen LogP contribution in [0.3, 0.4) is 0 Å². The molecular formula is C17H12BrN3O2S2. The molecule has 3 aromatic heterocycles. The maximum atomic E-state index is 12.5. The van der Waals surface area contributed by atoms with Gasteiger partial charge in [0.1, 0.15) is 15.5 Å². The van der Waals surface area contributed by atoms with Crippen molar-refractivity contribution in [1.29, 1.82) is 0 Å². The largest absolute Gasteiger partial charge is 0.496 e. The third-order valence-corrected chi connectivity index (χ3v) is 6.02. The maximum Gasteiger partial charge on any atom is 0.271 e. The van der Waals surface area contributed by atoms with E-state index in [2.05, 4.69) is 25.9 Å². The molecule has 0 saturated carbocycles. The fourth-order valence-electron chi connectivity index (χ4n) is 2.52. The number of hydrogen-bond acceptors (Lipinski definition) is 6. The van der Waals surface area contributed by atoms with Gasteiger partial charge < -0.3 is 4.74 Å². The lowest BCUT2D eigenvalue weighted by atomic mass is 10.2. The van der Waals surface area contributed by atoms with Gasteiger partial charge in [0.05, 0.1) is 36.8 Å². The number of nitrogens with zero attached hydrogens (tertiary/aromatic N) is 3. The summed E-state index contributed by atoms with van der Waals surface area (Å²) in [6.45, 7) is 0.395. The van der Waals surface area contributed by atoms with Crippen molar-refractivity contribution in [1.82, 2.24) is 14.5 Å². The van der Waals surface area contributed by atoms with E-state index in [1.54, 1.807) is 18.0 Å². The van der Waals surface area contributed by atoms with Crippen LogP contribution in [0.1, 0.15) is 5.69 Å². The van der Waals surface area contributed by atoms with Crippen molar-refractivity contribution in [3.05, 3.63) is 61.9 Å². The summed E-state index contributed by atoms with van der Waals surface area (Å²) in [5, 5.41) is 4.69. The van der Waals surface area contributed by atoms with Crippen LogP contribution in [0.2, 0.25) is 0 Å². The molecule has 1 aromatic carbocycles. The summed E-state index contributed by atoms with van der Waals surface area (Å²) in [7, 11) is 1.64. The number of thiazole rings is 1. The first-order valence-electron chi connectivity index (χ1n) is 7.36. The first-order chi connectivity index (χ1) is 12.2. The first kappa shape index (κ1) is 16.4. The molecule has 0 atom stereocenters. The van der Waals surface area contributed by atoms with Gasteiger partial charge in [-0.05, 0) is 29.6 Å². The van der Waals surface area contributed by atoms with Gasteiger partial charge in [-0.15, -0.1) is 22.7 Å². The molecular weight excluding hydrogens is 422 g/mol. The van der Waals surface area contributed by atoms with Gasteiger partial charge in [-0.3, -0.25) is 9.36 Å². The van der Waals surface area contributed by atoms with E-state index >= 15 is 0 Å². The second-order valence-corrected chi connectivity index (χ2v) is 7.99. The van der Waals surface area contributed by atoms with E-state index in [0.29, 0.717) is 11.2 Å². The molecule has 4 rings (SSSR count). The summed E-state index contributed by atoms with van der Waals surface area (Å²) in [5.41, 5.74) is 2.45. The minimum atomic E-state index is -0.0328. The standard InChI is InChI=1S/C17H12BrN3O2S2/c1-23-14-3-2-10(18)6-12(14)16-20-11(8-25-16)7-21-9-19-13-4-5-24-15(13)17(21)22/h2-6,8-9H,7H2,1H3. The summed E-state index contributed by atoms with van der Waals surface area (Å²) in [6, 6.07) is 7.66. The lowest BCUT2D eigenvalue weighted by Crippen LogP contribution is -2.20. The molecule has 5 nitrogen and oxygen atoms in total. The average molecular weight is 434 g/mol. The van der Waals surface area contributed by atoms with Crippen molar-refractivity contribution in [3.8, 4) is 16.3 Å². The molecule has 3 heterocycles. The Morgan fingerprint density at radius 1 is 1.28 bits per heavy atom. The van der Waals surface area contributed by atoms with E-state index < -0.39 is 0 Å².